The minimum atomic E-state index is 0. The van der Waals surface area contributed by atoms with Crippen molar-refractivity contribution in [3.8, 4) is 5.75 Å². The molecule has 0 bridgehead atoms. The van der Waals surface area contributed by atoms with Crippen LogP contribution in [0.3, 0.4) is 0 Å². The Hall–Kier alpha value is -1.06. The lowest BCUT2D eigenvalue weighted by molar-refractivity contribution is 0.129. The Morgan fingerprint density at radius 2 is 1.85 bits per heavy atom. The molecule has 27 heavy (non-hydrogen) atoms. The SMILES string of the molecule is CCCCOCCCNC(=NCc1cccc(OCCOC)c1)NCC.I. The van der Waals surface area contributed by atoms with Gasteiger partial charge in [-0.2, -0.15) is 0 Å². The third-order valence-electron chi connectivity index (χ3n) is 3.62. The highest BCUT2D eigenvalue weighted by Gasteiger charge is 2.00. The van der Waals surface area contributed by atoms with Gasteiger partial charge in [-0.15, -0.1) is 24.0 Å². The van der Waals surface area contributed by atoms with Crippen LogP contribution in [0.4, 0.5) is 0 Å². The Bertz CT molecular complexity index is 501. The van der Waals surface area contributed by atoms with Crippen molar-refractivity contribution < 1.29 is 14.2 Å². The Labute approximate surface area is 181 Å². The summed E-state index contributed by atoms with van der Waals surface area (Å²) in [7, 11) is 1.67. The average molecular weight is 493 g/mol. The third kappa shape index (κ3) is 13.7. The predicted molar refractivity (Wildman–Crippen MR) is 122 cm³/mol. The van der Waals surface area contributed by atoms with Gasteiger partial charge >= 0.3 is 0 Å². The standard InChI is InChI=1S/C20H35N3O3.HI/c1-4-6-12-25-13-8-11-22-20(21-5-2)23-17-18-9-7-10-19(16-18)26-15-14-24-3;/h7,9-10,16H,4-6,8,11-15,17H2,1-3H3,(H2,21,22,23);1H. The Kier molecular flexibility index (Phi) is 17.6. The second-order valence-electron chi connectivity index (χ2n) is 5.93. The number of unbranched alkanes of at least 4 members (excludes halogenated alkanes) is 1. The second kappa shape index (κ2) is 18.3. The van der Waals surface area contributed by atoms with Crippen LogP contribution in [0.2, 0.25) is 0 Å². The lowest BCUT2D eigenvalue weighted by Crippen LogP contribution is -2.38. The van der Waals surface area contributed by atoms with Crippen molar-refractivity contribution >= 4 is 29.9 Å². The Morgan fingerprint density at radius 1 is 1.04 bits per heavy atom. The quantitative estimate of drug-likeness (QED) is 0.180. The van der Waals surface area contributed by atoms with Gasteiger partial charge in [-0.1, -0.05) is 25.5 Å². The van der Waals surface area contributed by atoms with Crippen molar-refractivity contribution in [2.24, 2.45) is 4.99 Å². The van der Waals surface area contributed by atoms with Gasteiger partial charge in [0.15, 0.2) is 5.96 Å². The summed E-state index contributed by atoms with van der Waals surface area (Å²) in [5, 5.41) is 6.62. The average Bonchev–Trinajstić information content (AvgIpc) is 2.66. The van der Waals surface area contributed by atoms with Crippen LogP contribution in [0.15, 0.2) is 29.3 Å². The summed E-state index contributed by atoms with van der Waals surface area (Å²) in [4.78, 5) is 4.64. The maximum absolute atomic E-state index is 5.64. The van der Waals surface area contributed by atoms with Crippen LogP contribution in [0, 0.1) is 0 Å². The van der Waals surface area contributed by atoms with Gasteiger partial charge in [0.05, 0.1) is 13.2 Å². The van der Waals surface area contributed by atoms with Crippen LogP contribution in [0.25, 0.3) is 0 Å². The summed E-state index contributed by atoms with van der Waals surface area (Å²) in [6, 6.07) is 8.01. The van der Waals surface area contributed by atoms with Crippen LogP contribution >= 0.6 is 24.0 Å². The van der Waals surface area contributed by atoms with E-state index in [1.807, 2.05) is 18.2 Å². The molecule has 0 saturated heterocycles. The van der Waals surface area contributed by atoms with Crippen LogP contribution in [0.1, 0.15) is 38.7 Å². The van der Waals surface area contributed by atoms with Crippen molar-refractivity contribution in [1.82, 2.24) is 10.6 Å². The van der Waals surface area contributed by atoms with Gasteiger partial charge in [-0.25, -0.2) is 4.99 Å². The van der Waals surface area contributed by atoms with E-state index < -0.39 is 0 Å². The van der Waals surface area contributed by atoms with Gasteiger partial charge in [-0.3, -0.25) is 0 Å². The molecule has 0 radical (unpaired) electrons. The molecule has 0 amide bonds. The number of hydrogen-bond donors (Lipinski definition) is 2. The molecule has 0 saturated carbocycles. The molecule has 156 valence electrons. The fourth-order valence-electron chi connectivity index (χ4n) is 2.22. The molecule has 0 heterocycles. The molecule has 1 aromatic rings. The molecule has 1 rings (SSSR count). The van der Waals surface area contributed by atoms with E-state index in [1.165, 1.54) is 6.42 Å². The van der Waals surface area contributed by atoms with Crippen molar-refractivity contribution in [1.29, 1.82) is 0 Å². The van der Waals surface area contributed by atoms with Crippen LogP contribution in [0.5, 0.6) is 5.75 Å². The monoisotopic (exact) mass is 493 g/mol. The smallest absolute Gasteiger partial charge is 0.191 e. The topological polar surface area (TPSA) is 64.1 Å². The van der Waals surface area contributed by atoms with Crippen LogP contribution in [-0.2, 0) is 16.0 Å². The van der Waals surface area contributed by atoms with E-state index >= 15 is 0 Å². The van der Waals surface area contributed by atoms with Gasteiger partial charge in [-0.05, 0) is 37.5 Å². The molecule has 0 aliphatic rings. The highest BCUT2D eigenvalue weighted by molar-refractivity contribution is 14.0. The molecule has 0 aliphatic heterocycles. The first-order chi connectivity index (χ1) is 12.8. The van der Waals surface area contributed by atoms with Crippen molar-refractivity contribution in [2.45, 2.75) is 39.7 Å². The molecule has 0 aromatic heterocycles. The number of nitrogens with one attached hydrogen (secondary N) is 2. The Morgan fingerprint density at radius 3 is 2.59 bits per heavy atom. The van der Waals surface area contributed by atoms with Gasteiger partial charge < -0.3 is 24.8 Å². The zero-order valence-electron chi connectivity index (χ0n) is 17.0. The molecule has 7 heteroatoms. The van der Waals surface area contributed by atoms with Crippen molar-refractivity contribution in [3.05, 3.63) is 29.8 Å². The summed E-state index contributed by atoms with van der Waals surface area (Å²) in [5.41, 5.74) is 1.11. The van der Waals surface area contributed by atoms with E-state index in [2.05, 4.69) is 35.5 Å². The summed E-state index contributed by atoms with van der Waals surface area (Å²) in [6.45, 7) is 9.29. The minimum absolute atomic E-state index is 0. The third-order valence-corrected chi connectivity index (χ3v) is 3.62. The molecular weight excluding hydrogens is 457 g/mol. The first-order valence-corrected chi connectivity index (χ1v) is 9.60. The number of aliphatic imine (C=N–C) groups is 1. The number of benzene rings is 1. The number of hydrogen-bond acceptors (Lipinski definition) is 4. The van der Waals surface area contributed by atoms with E-state index in [0.29, 0.717) is 19.8 Å². The molecule has 0 aliphatic carbocycles. The highest BCUT2D eigenvalue weighted by atomic mass is 127. The molecule has 0 unspecified atom stereocenters. The fourth-order valence-corrected chi connectivity index (χ4v) is 2.22. The first-order valence-electron chi connectivity index (χ1n) is 9.60. The summed E-state index contributed by atoms with van der Waals surface area (Å²) < 4.78 is 16.2. The lowest BCUT2D eigenvalue weighted by Gasteiger charge is -2.12. The minimum Gasteiger partial charge on any atom is -0.491 e. The number of rotatable bonds is 14. The van der Waals surface area contributed by atoms with Crippen LogP contribution in [-0.4, -0.2) is 52.6 Å². The number of methoxy groups -OCH3 is 1. The summed E-state index contributed by atoms with van der Waals surface area (Å²) in [5.74, 6) is 1.67. The number of guanidine groups is 1. The fraction of sp³-hybridized carbons (Fsp3) is 0.650. The Balaban J connectivity index is 0.00000676. The molecule has 6 nitrogen and oxygen atoms in total. The lowest BCUT2D eigenvalue weighted by atomic mass is 10.2. The number of ether oxygens (including phenoxy) is 3. The van der Waals surface area contributed by atoms with Crippen LogP contribution < -0.4 is 15.4 Å². The maximum Gasteiger partial charge on any atom is 0.191 e. The van der Waals surface area contributed by atoms with E-state index in [9.17, 15) is 0 Å². The van der Waals surface area contributed by atoms with E-state index in [1.54, 1.807) is 7.11 Å². The van der Waals surface area contributed by atoms with E-state index in [0.717, 1.165) is 56.4 Å². The molecular formula is C20H36IN3O3. The largest absolute Gasteiger partial charge is 0.491 e. The van der Waals surface area contributed by atoms with Gasteiger partial charge in [0.2, 0.25) is 0 Å². The molecule has 0 fully saturated rings. The van der Waals surface area contributed by atoms with E-state index in [4.69, 9.17) is 14.2 Å². The van der Waals surface area contributed by atoms with Gasteiger partial charge in [0.25, 0.3) is 0 Å². The molecule has 2 N–H and O–H groups in total. The zero-order chi connectivity index (χ0) is 18.9. The van der Waals surface area contributed by atoms with Gasteiger partial charge in [0.1, 0.15) is 12.4 Å². The number of nitrogens with zero attached hydrogens (tertiary/aromatic N) is 1. The van der Waals surface area contributed by atoms with Crippen molar-refractivity contribution in [2.75, 3.05) is 46.6 Å². The molecule has 0 spiro atoms. The van der Waals surface area contributed by atoms with Gasteiger partial charge in [0, 0.05) is 33.4 Å². The summed E-state index contributed by atoms with van der Waals surface area (Å²) >= 11 is 0. The number of halogens is 1. The second-order valence-corrected chi connectivity index (χ2v) is 5.93. The first kappa shape index (κ1) is 25.9. The summed E-state index contributed by atoms with van der Waals surface area (Å²) in [6.07, 6.45) is 3.27. The maximum atomic E-state index is 5.64. The van der Waals surface area contributed by atoms with Crippen molar-refractivity contribution in [3.63, 3.8) is 0 Å². The molecule has 0 atom stereocenters. The molecule has 1 aromatic carbocycles. The predicted octanol–water partition coefficient (Wildman–Crippen LogP) is 3.59. The van der Waals surface area contributed by atoms with E-state index in [-0.39, 0.29) is 24.0 Å². The highest BCUT2D eigenvalue weighted by Crippen LogP contribution is 2.14. The normalized spacial score (nSPS) is 11.0. The zero-order valence-corrected chi connectivity index (χ0v) is 19.3.